The Morgan fingerprint density at radius 3 is 2.61 bits per heavy atom. The first kappa shape index (κ1) is 22.7. The molecule has 1 aliphatic heterocycles. The number of halogens is 2. The topological polar surface area (TPSA) is 84.4 Å². The van der Waals surface area contributed by atoms with Gasteiger partial charge in [0.1, 0.15) is 17.0 Å². The van der Waals surface area contributed by atoms with Gasteiger partial charge in [0.15, 0.2) is 0 Å². The Balaban J connectivity index is 1.54. The van der Waals surface area contributed by atoms with E-state index < -0.39 is 10.0 Å². The molecule has 3 heterocycles. The van der Waals surface area contributed by atoms with Crippen LogP contribution in [0.25, 0.3) is 21.3 Å². The van der Waals surface area contributed by atoms with Crippen molar-refractivity contribution in [2.45, 2.75) is 4.90 Å². The quantitative estimate of drug-likeness (QED) is 0.342. The normalized spacial score (nSPS) is 15.1. The second-order valence-electron chi connectivity index (χ2n) is 7.34. The van der Waals surface area contributed by atoms with Gasteiger partial charge in [-0.05, 0) is 35.9 Å². The summed E-state index contributed by atoms with van der Waals surface area (Å²) in [5.74, 6) is 0.557. The lowest BCUT2D eigenvalue weighted by atomic mass is 10.1. The molecule has 0 aliphatic carbocycles. The molecule has 0 amide bonds. The fraction of sp³-hybridized carbons (Fsp3) is 0.182. The van der Waals surface area contributed by atoms with E-state index >= 15 is 0 Å². The predicted octanol–water partition coefficient (Wildman–Crippen LogP) is 5.54. The SMILES string of the molecule is O=S(=O)(c1ccc(Cl)c(Nc2ncnc3scc(-c4ccc(Br)cc4)c23)c1)N1CCOCC1. The Labute approximate surface area is 208 Å². The maximum absolute atomic E-state index is 13.1. The third-order valence-electron chi connectivity index (χ3n) is 5.32. The summed E-state index contributed by atoms with van der Waals surface area (Å²) in [5.41, 5.74) is 2.47. The monoisotopic (exact) mass is 564 g/mol. The molecule has 0 saturated carbocycles. The van der Waals surface area contributed by atoms with Crippen molar-refractivity contribution in [2.75, 3.05) is 31.6 Å². The van der Waals surface area contributed by atoms with Crippen molar-refractivity contribution >= 4 is 70.6 Å². The zero-order chi connectivity index (χ0) is 23.0. The van der Waals surface area contributed by atoms with E-state index in [1.165, 1.54) is 28.0 Å². The van der Waals surface area contributed by atoms with Gasteiger partial charge in [0.25, 0.3) is 0 Å². The van der Waals surface area contributed by atoms with Gasteiger partial charge in [0.2, 0.25) is 10.0 Å². The average Bonchev–Trinajstić information content (AvgIpc) is 3.27. The Bertz CT molecular complexity index is 1420. The molecule has 1 aliphatic rings. The first-order valence-corrected chi connectivity index (χ1v) is 13.5. The minimum Gasteiger partial charge on any atom is -0.379 e. The number of thiophene rings is 1. The van der Waals surface area contributed by atoms with E-state index in [0.717, 1.165) is 25.8 Å². The van der Waals surface area contributed by atoms with Crippen LogP contribution in [-0.2, 0) is 14.8 Å². The Morgan fingerprint density at radius 2 is 1.85 bits per heavy atom. The first-order chi connectivity index (χ1) is 15.9. The summed E-state index contributed by atoms with van der Waals surface area (Å²) in [6.07, 6.45) is 1.48. The summed E-state index contributed by atoms with van der Waals surface area (Å²) in [7, 11) is -3.66. The maximum atomic E-state index is 13.1. The number of rotatable bonds is 5. The van der Waals surface area contributed by atoms with E-state index in [9.17, 15) is 8.42 Å². The molecular weight excluding hydrogens is 548 g/mol. The van der Waals surface area contributed by atoms with Gasteiger partial charge in [-0.3, -0.25) is 0 Å². The molecule has 0 unspecified atom stereocenters. The first-order valence-electron chi connectivity index (χ1n) is 10.1. The summed E-state index contributed by atoms with van der Waals surface area (Å²) in [4.78, 5) is 9.82. The van der Waals surface area contributed by atoms with Crippen LogP contribution in [0.5, 0.6) is 0 Å². The molecule has 4 aromatic rings. The third kappa shape index (κ3) is 4.51. The van der Waals surface area contributed by atoms with Crippen molar-refractivity contribution < 1.29 is 13.2 Å². The van der Waals surface area contributed by atoms with Crippen LogP contribution in [0, 0.1) is 0 Å². The number of nitrogens with one attached hydrogen (secondary N) is 1. The van der Waals surface area contributed by atoms with Gasteiger partial charge in [-0.2, -0.15) is 4.31 Å². The molecule has 0 spiro atoms. The van der Waals surface area contributed by atoms with Crippen LogP contribution in [0.3, 0.4) is 0 Å². The van der Waals surface area contributed by atoms with Crippen LogP contribution in [0.15, 0.2) is 63.5 Å². The molecule has 0 bridgehead atoms. The number of aromatic nitrogens is 2. The molecular formula is C22H18BrClN4O3S2. The van der Waals surface area contributed by atoms with Crippen molar-refractivity contribution in [3.8, 4) is 11.1 Å². The highest BCUT2D eigenvalue weighted by Gasteiger charge is 2.27. The van der Waals surface area contributed by atoms with Crippen LogP contribution in [0.4, 0.5) is 11.5 Å². The molecule has 0 atom stereocenters. The van der Waals surface area contributed by atoms with Gasteiger partial charge in [-0.25, -0.2) is 18.4 Å². The van der Waals surface area contributed by atoms with Crippen LogP contribution >= 0.6 is 38.9 Å². The minimum absolute atomic E-state index is 0.167. The second kappa shape index (κ2) is 9.28. The highest BCUT2D eigenvalue weighted by atomic mass is 79.9. The van der Waals surface area contributed by atoms with Crippen LogP contribution in [0.2, 0.25) is 5.02 Å². The highest BCUT2D eigenvalue weighted by Crippen LogP contribution is 2.39. The molecule has 170 valence electrons. The highest BCUT2D eigenvalue weighted by molar-refractivity contribution is 9.10. The Hall–Kier alpha value is -2.08. The molecule has 1 N–H and O–H groups in total. The molecule has 1 saturated heterocycles. The minimum atomic E-state index is -3.66. The molecule has 7 nitrogen and oxygen atoms in total. The van der Waals surface area contributed by atoms with Crippen molar-refractivity contribution in [1.29, 1.82) is 0 Å². The van der Waals surface area contributed by atoms with Gasteiger partial charge in [0, 0.05) is 28.5 Å². The van der Waals surface area contributed by atoms with Crippen molar-refractivity contribution in [2.24, 2.45) is 0 Å². The molecule has 0 radical (unpaired) electrons. The van der Waals surface area contributed by atoms with E-state index in [1.807, 2.05) is 29.6 Å². The molecule has 2 aromatic heterocycles. The standard InChI is InChI=1S/C22H18BrClN4O3S2/c23-15-3-1-14(2-4-15)17-12-32-22-20(17)21(25-13-26-22)27-19-11-16(5-6-18(19)24)33(29,30)28-7-9-31-10-8-28/h1-6,11-13H,7-10H2,(H,25,26,27). The van der Waals surface area contributed by atoms with Crippen LogP contribution in [0.1, 0.15) is 0 Å². The predicted molar refractivity (Wildman–Crippen MR) is 135 cm³/mol. The van der Waals surface area contributed by atoms with Crippen LogP contribution < -0.4 is 5.32 Å². The Kier molecular flexibility index (Phi) is 6.39. The fourth-order valence-electron chi connectivity index (χ4n) is 3.64. The lowest BCUT2D eigenvalue weighted by molar-refractivity contribution is 0.0730. The van der Waals surface area contributed by atoms with E-state index in [2.05, 4.69) is 31.2 Å². The number of hydrogen-bond acceptors (Lipinski definition) is 7. The van der Waals surface area contributed by atoms with E-state index in [-0.39, 0.29) is 4.90 Å². The largest absolute Gasteiger partial charge is 0.379 e. The number of nitrogens with zero attached hydrogens (tertiary/aromatic N) is 3. The second-order valence-corrected chi connectivity index (χ2v) is 11.5. The van der Waals surface area contributed by atoms with Gasteiger partial charge in [0.05, 0.1) is 34.2 Å². The smallest absolute Gasteiger partial charge is 0.243 e. The molecule has 1 fully saturated rings. The fourth-order valence-corrected chi connectivity index (χ4v) is 6.42. The third-order valence-corrected chi connectivity index (χ3v) is 8.96. The molecule has 33 heavy (non-hydrogen) atoms. The van der Waals surface area contributed by atoms with Gasteiger partial charge in [-0.15, -0.1) is 11.3 Å². The number of benzene rings is 2. The summed E-state index contributed by atoms with van der Waals surface area (Å²) >= 11 is 11.4. The lowest BCUT2D eigenvalue weighted by Crippen LogP contribution is -2.40. The molecule has 5 rings (SSSR count). The van der Waals surface area contributed by atoms with Crippen LogP contribution in [-0.4, -0.2) is 49.0 Å². The number of hydrogen-bond donors (Lipinski definition) is 1. The van der Waals surface area contributed by atoms with Gasteiger partial charge in [-0.1, -0.05) is 39.7 Å². The molecule has 11 heteroatoms. The lowest BCUT2D eigenvalue weighted by Gasteiger charge is -2.26. The van der Waals surface area contributed by atoms with Crippen molar-refractivity contribution in [3.63, 3.8) is 0 Å². The summed E-state index contributed by atoms with van der Waals surface area (Å²) in [6.45, 7) is 1.42. The van der Waals surface area contributed by atoms with Crippen molar-refractivity contribution in [1.82, 2.24) is 14.3 Å². The number of morpholine rings is 1. The summed E-state index contributed by atoms with van der Waals surface area (Å²) < 4.78 is 33.9. The number of sulfonamides is 1. The van der Waals surface area contributed by atoms with Crippen molar-refractivity contribution in [3.05, 3.63) is 63.7 Å². The zero-order valence-electron chi connectivity index (χ0n) is 17.2. The number of anilines is 2. The average molecular weight is 566 g/mol. The van der Waals surface area contributed by atoms with E-state index in [4.69, 9.17) is 16.3 Å². The maximum Gasteiger partial charge on any atom is 0.243 e. The van der Waals surface area contributed by atoms with E-state index in [1.54, 1.807) is 12.1 Å². The zero-order valence-corrected chi connectivity index (χ0v) is 21.1. The van der Waals surface area contributed by atoms with Gasteiger partial charge >= 0.3 is 0 Å². The summed E-state index contributed by atoms with van der Waals surface area (Å²) in [5, 5.41) is 6.52. The number of fused-ring (bicyclic) bond motifs is 1. The Morgan fingerprint density at radius 1 is 1.09 bits per heavy atom. The number of ether oxygens (including phenoxy) is 1. The van der Waals surface area contributed by atoms with E-state index in [0.29, 0.717) is 42.8 Å². The molecule has 2 aromatic carbocycles. The summed E-state index contributed by atoms with van der Waals surface area (Å²) in [6, 6.07) is 12.6. The van der Waals surface area contributed by atoms with Gasteiger partial charge < -0.3 is 10.1 Å².